The Morgan fingerprint density at radius 2 is 1.95 bits per heavy atom. The molecule has 1 unspecified atom stereocenters. The van der Waals surface area contributed by atoms with Crippen LogP contribution in [-0.4, -0.2) is 11.1 Å². The van der Waals surface area contributed by atoms with E-state index in [0.717, 1.165) is 0 Å². The topological polar surface area (TPSA) is 49.3 Å². The van der Waals surface area contributed by atoms with E-state index in [9.17, 15) is 14.3 Å². The number of hydrogen-bond acceptors (Lipinski definition) is 2. The van der Waals surface area contributed by atoms with E-state index in [4.69, 9.17) is 0 Å². The Morgan fingerprint density at radius 3 is 2.60 bits per heavy atom. The molecule has 104 valence electrons. The van der Waals surface area contributed by atoms with E-state index in [-0.39, 0.29) is 17.4 Å². The summed E-state index contributed by atoms with van der Waals surface area (Å²) < 4.78 is 14.2. The fourth-order valence-corrected chi connectivity index (χ4v) is 2.53. The van der Waals surface area contributed by atoms with E-state index in [1.807, 2.05) is 0 Å². The highest BCUT2D eigenvalue weighted by atomic mass is 79.9. The van der Waals surface area contributed by atoms with Gasteiger partial charge in [0.15, 0.2) is 0 Å². The Hall–Kier alpha value is -1.88. The molecule has 1 atom stereocenters. The van der Waals surface area contributed by atoms with Crippen molar-refractivity contribution < 1.29 is 14.3 Å². The number of halogens is 2. The molecule has 2 N–H and O–H groups in total. The minimum absolute atomic E-state index is 0.135. The van der Waals surface area contributed by atoms with Crippen LogP contribution in [0.2, 0.25) is 0 Å². The Labute approximate surface area is 124 Å². The maximum Gasteiger partial charge on any atom is 0.338 e. The van der Waals surface area contributed by atoms with Crippen LogP contribution in [0.15, 0.2) is 46.9 Å². The predicted molar refractivity (Wildman–Crippen MR) is 79.5 cm³/mol. The van der Waals surface area contributed by atoms with Crippen LogP contribution in [0, 0.1) is 5.82 Å². The van der Waals surface area contributed by atoms with Crippen molar-refractivity contribution >= 4 is 27.6 Å². The van der Waals surface area contributed by atoms with E-state index in [2.05, 4.69) is 21.2 Å². The van der Waals surface area contributed by atoms with Gasteiger partial charge in [-0.25, -0.2) is 9.18 Å². The third kappa shape index (κ3) is 2.99. The summed E-state index contributed by atoms with van der Waals surface area (Å²) in [6.45, 7) is 1.78. The van der Waals surface area contributed by atoms with Gasteiger partial charge in [0.05, 0.1) is 17.3 Å². The molecule has 0 aromatic heterocycles. The molecule has 0 heterocycles. The smallest absolute Gasteiger partial charge is 0.338 e. The summed E-state index contributed by atoms with van der Waals surface area (Å²) in [6, 6.07) is 11.1. The third-order valence-electron chi connectivity index (χ3n) is 2.97. The van der Waals surface area contributed by atoms with Crippen LogP contribution in [-0.2, 0) is 0 Å². The largest absolute Gasteiger partial charge is 0.478 e. The summed E-state index contributed by atoms with van der Waals surface area (Å²) in [5.74, 6) is -1.36. The molecule has 0 saturated heterocycles. The van der Waals surface area contributed by atoms with Crippen molar-refractivity contribution in [3.8, 4) is 0 Å². The van der Waals surface area contributed by atoms with E-state index >= 15 is 0 Å². The van der Waals surface area contributed by atoms with Gasteiger partial charge in [-0.15, -0.1) is 0 Å². The van der Waals surface area contributed by atoms with E-state index in [1.54, 1.807) is 43.3 Å². The minimum atomic E-state index is -1.04. The van der Waals surface area contributed by atoms with Crippen LogP contribution in [0.25, 0.3) is 0 Å². The number of hydrogen-bond donors (Lipinski definition) is 2. The normalized spacial score (nSPS) is 11.9. The molecular formula is C15H13BrFNO2. The SMILES string of the molecule is CC(Nc1cccc(Br)c1C(=O)O)c1ccccc1F. The molecule has 0 aliphatic rings. The highest BCUT2D eigenvalue weighted by Crippen LogP contribution is 2.28. The molecule has 3 nitrogen and oxygen atoms in total. The highest BCUT2D eigenvalue weighted by Gasteiger charge is 2.17. The summed E-state index contributed by atoms with van der Waals surface area (Å²) in [4.78, 5) is 11.3. The molecule has 0 amide bonds. The standard InChI is InChI=1S/C15H13BrFNO2/c1-9(10-5-2-3-7-12(10)17)18-13-8-4-6-11(16)14(13)15(19)20/h2-9,18H,1H3,(H,19,20). The molecule has 0 aliphatic heterocycles. The molecule has 0 aliphatic carbocycles. The molecule has 0 bridgehead atoms. The zero-order chi connectivity index (χ0) is 14.7. The number of nitrogens with one attached hydrogen (secondary N) is 1. The average Bonchev–Trinajstić information content (AvgIpc) is 2.38. The monoisotopic (exact) mass is 337 g/mol. The van der Waals surface area contributed by atoms with Gasteiger partial charge < -0.3 is 10.4 Å². The Morgan fingerprint density at radius 1 is 1.25 bits per heavy atom. The fourth-order valence-electron chi connectivity index (χ4n) is 2.00. The Bertz CT molecular complexity index is 646. The maximum absolute atomic E-state index is 13.7. The van der Waals surface area contributed by atoms with Gasteiger partial charge in [0.25, 0.3) is 0 Å². The molecule has 0 fully saturated rings. The number of carbonyl (C=O) groups is 1. The summed E-state index contributed by atoms with van der Waals surface area (Å²) in [5.41, 5.74) is 1.07. The van der Waals surface area contributed by atoms with Crippen molar-refractivity contribution in [1.82, 2.24) is 0 Å². The molecule has 0 spiro atoms. The van der Waals surface area contributed by atoms with Crippen LogP contribution in [0.4, 0.5) is 10.1 Å². The Kier molecular flexibility index (Phi) is 4.39. The van der Waals surface area contributed by atoms with Gasteiger partial charge >= 0.3 is 5.97 Å². The average molecular weight is 338 g/mol. The molecule has 20 heavy (non-hydrogen) atoms. The fraction of sp³-hybridized carbons (Fsp3) is 0.133. The lowest BCUT2D eigenvalue weighted by molar-refractivity contribution is 0.0697. The van der Waals surface area contributed by atoms with Crippen molar-refractivity contribution in [2.24, 2.45) is 0 Å². The van der Waals surface area contributed by atoms with Gasteiger partial charge in [-0.05, 0) is 41.1 Å². The molecule has 2 aromatic rings. The molecule has 2 rings (SSSR count). The Balaban J connectivity index is 2.33. The quantitative estimate of drug-likeness (QED) is 0.865. The van der Waals surface area contributed by atoms with E-state index in [1.165, 1.54) is 6.07 Å². The summed E-state index contributed by atoms with van der Waals surface area (Å²) in [6.07, 6.45) is 0. The lowest BCUT2D eigenvalue weighted by Crippen LogP contribution is -2.12. The van der Waals surface area contributed by atoms with Crippen molar-refractivity contribution in [3.63, 3.8) is 0 Å². The van der Waals surface area contributed by atoms with Gasteiger partial charge in [0, 0.05) is 10.0 Å². The maximum atomic E-state index is 13.7. The zero-order valence-corrected chi connectivity index (χ0v) is 12.3. The molecule has 0 radical (unpaired) electrons. The second-order valence-corrected chi connectivity index (χ2v) is 5.21. The van der Waals surface area contributed by atoms with Crippen LogP contribution < -0.4 is 5.32 Å². The van der Waals surface area contributed by atoms with E-state index in [0.29, 0.717) is 15.7 Å². The summed E-state index contributed by atoms with van der Waals surface area (Å²) in [5, 5.41) is 12.3. The van der Waals surface area contributed by atoms with Gasteiger partial charge in [-0.2, -0.15) is 0 Å². The van der Waals surface area contributed by atoms with Crippen LogP contribution in [0.5, 0.6) is 0 Å². The van der Waals surface area contributed by atoms with Crippen molar-refractivity contribution in [3.05, 3.63) is 63.9 Å². The number of carboxylic acids is 1. The number of rotatable bonds is 4. The van der Waals surface area contributed by atoms with E-state index < -0.39 is 5.97 Å². The first-order valence-electron chi connectivity index (χ1n) is 6.03. The number of anilines is 1. The number of carboxylic acid groups (broad SMARTS) is 1. The lowest BCUT2D eigenvalue weighted by Gasteiger charge is -2.18. The number of benzene rings is 2. The lowest BCUT2D eigenvalue weighted by atomic mass is 10.1. The zero-order valence-electron chi connectivity index (χ0n) is 10.7. The van der Waals surface area contributed by atoms with Gasteiger partial charge in [0.1, 0.15) is 5.82 Å². The first kappa shape index (κ1) is 14.5. The van der Waals surface area contributed by atoms with Crippen molar-refractivity contribution in [2.45, 2.75) is 13.0 Å². The molecule has 0 saturated carbocycles. The molecule has 5 heteroatoms. The van der Waals surface area contributed by atoms with Gasteiger partial charge in [0.2, 0.25) is 0 Å². The summed E-state index contributed by atoms with van der Waals surface area (Å²) >= 11 is 3.21. The second kappa shape index (κ2) is 6.05. The van der Waals surface area contributed by atoms with Crippen molar-refractivity contribution in [2.75, 3.05) is 5.32 Å². The third-order valence-corrected chi connectivity index (χ3v) is 3.63. The second-order valence-electron chi connectivity index (χ2n) is 4.36. The van der Waals surface area contributed by atoms with Gasteiger partial charge in [-0.1, -0.05) is 24.3 Å². The van der Waals surface area contributed by atoms with Crippen LogP contribution in [0.1, 0.15) is 28.9 Å². The molecule has 2 aromatic carbocycles. The first-order chi connectivity index (χ1) is 9.50. The molecular weight excluding hydrogens is 325 g/mol. The number of aromatic carboxylic acids is 1. The van der Waals surface area contributed by atoms with Crippen molar-refractivity contribution in [1.29, 1.82) is 0 Å². The predicted octanol–water partition coefficient (Wildman–Crippen LogP) is 4.46. The van der Waals surface area contributed by atoms with Crippen LogP contribution >= 0.6 is 15.9 Å². The summed E-state index contributed by atoms with van der Waals surface area (Å²) in [7, 11) is 0. The highest BCUT2D eigenvalue weighted by molar-refractivity contribution is 9.10. The van der Waals surface area contributed by atoms with Gasteiger partial charge in [-0.3, -0.25) is 0 Å². The first-order valence-corrected chi connectivity index (χ1v) is 6.82. The van der Waals surface area contributed by atoms with Crippen LogP contribution in [0.3, 0.4) is 0 Å². The minimum Gasteiger partial charge on any atom is -0.478 e.